The van der Waals surface area contributed by atoms with Crippen molar-refractivity contribution in [2.75, 3.05) is 27.4 Å². The summed E-state index contributed by atoms with van der Waals surface area (Å²) in [5.74, 6) is 1.08. The molecule has 0 bridgehead atoms. The number of halogens is 5. The molecule has 0 aliphatic rings. The first-order valence-electron chi connectivity index (χ1n) is 5.48. The lowest BCUT2D eigenvalue weighted by Gasteiger charge is -2.17. The van der Waals surface area contributed by atoms with Gasteiger partial charge in [-0.05, 0) is 28.1 Å². The van der Waals surface area contributed by atoms with Gasteiger partial charge >= 0.3 is 6.18 Å². The number of hydrogen-bond donors (Lipinski definition) is 0. The normalized spacial score (nSPS) is 13.2. The van der Waals surface area contributed by atoms with Crippen LogP contribution in [0.1, 0.15) is 10.4 Å². The Bertz CT molecular complexity index is 452. The molecule has 1 atom stereocenters. The van der Waals surface area contributed by atoms with Gasteiger partial charge in [0.2, 0.25) is 0 Å². The van der Waals surface area contributed by atoms with Crippen molar-refractivity contribution in [1.82, 2.24) is 0 Å². The van der Waals surface area contributed by atoms with E-state index in [9.17, 15) is 13.2 Å². The van der Waals surface area contributed by atoms with Gasteiger partial charge in [-0.15, -0.1) is 0 Å². The molecule has 8 heteroatoms. The molecule has 20 heavy (non-hydrogen) atoms. The van der Waals surface area contributed by atoms with Gasteiger partial charge in [0.1, 0.15) is 18.1 Å². The number of benzene rings is 1. The molecule has 0 spiro atoms. The van der Waals surface area contributed by atoms with Crippen molar-refractivity contribution in [2.45, 2.75) is 11.0 Å². The third-order valence-electron chi connectivity index (χ3n) is 2.37. The Balaban J connectivity index is 2.83. The summed E-state index contributed by atoms with van der Waals surface area (Å²) < 4.78 is 51.8. The van der Waals surface area contributed by atoms with Crippen molar-refractivity contribution in [1.29, 1.82) is 0 Å². The van der Waals surface area contributed by atoms with Crippen molar-refractivity contribution < 1.29 is 27.4 Å². The highest BCUT2D eigenvalue weighted by atomic mass is 79.9. The Morgan fingerprint density at radius 1 is 1.15 bits per heavy atom. The predicted molar refractivity (Wildman–Crippen MR) is 75.8 cm³/mol. The maximum Gasteiger partial charge on any atom is 0.411 e. The Morgan fingerprint density at radius 2 is 1.75 bits per heavy atom. The average molecular weight is 422 g/mol. The zero-order valence-electron chi connectivity index (χ0n) is 10.8. The van der Waals surface area contributed by atoms with E-state index in [0.717, 1.165) is 0 Å². The minimum absolute atomic E-state index is 0.138. The van der Waals surface area contributed by atoms with E-state index < -0.39 is 17.6 Å². The van der Waals surface area contributed by atoms with Crippen LogP contribution in [0.3, 0.4) is 0 Å². The molecule has 0 amide bonds. The van der Waals surface area contributed by atoms with Crippen molar-refractivity contribution in [2.24, 2.45) is 0 Å². The second kappa shape index (κ2) is 7.51. The van der Waals surface area contributed by atoms with Gasteiger partial charge in [-0.2, -0.15) is 13.2 Å². The van der Waals surface area contributed by atoms with Crippen molar-refractivity contribution in [3.8, 4) is 11.5 Å². The standard InChI is InChI=1S/C12H13Br2F3O3/c1-18-10-4-8(13)11(19-2)3-7(10)9(14)5-20-6-12(15,16)17/h3-4,9H,5-6H2,1-2H3. The lowest BCUT2D eigenvalue weighted by Crippen LogP contribution is -2.18. The molecule has 0 radical (unpaired) electrons. The Morgan fingerprint density at radius 3 is 2.25 bits per heavy atom. The zero-order chi connectivity index (χ0) is 15.3. The van der Waals surface area contributed by atoms with Gasteiger partial charge < -0.3 is 14.2 Å². The first-order chi connectivity index (χ1) is 9.28. The summed E-state index contributed by atoms with van der Waals surface area (Å²) in [6, 6.07) is 3.37. The molecule has 0 saturated carbocycles. The van der Waals surface area contributed by atoms with E-state index in [1.807, 2.05) is 0 Å². The molecule has 0 saturated heterocycles. The summed E-state index contributed by atoms with van der Waals surface area (Å²) in [5, 5.41) is 0. The highest BCUT2D eigenvalue weighted by Crippen LogP contribution is 2.39. The highest BCUT2D eigenvalue weighted by Gasteiger charge is 2.28. The van der Waals surface area contributed by atoms with E-state index >= 15 is 0 Å². The number of ether oxygens (including phenoxy) is 3. The van der Waals surface area contributed by atoms with Crippen LogP contribution in [0.4, 0.5) is 13.2 Å². The molecule has 0 aliphatic carbocycles. The molecule has 1 unspecified atom stereocenters. The topological polar surface area (TPSA) is 27.7 Å². The van der Waals surface area contributed by atoms with Crippen LogP contribution in [0.25, 0.3) is 0 Å². The Hall–Kier alpha value is -0.470. The van der Waals surface area contributed by atoms with Gasteiger partial charge in [-0.3, -0.25) is 0 Å². The summed E-state index contributed by atoms with van der Waals surface area (Å²) in [7, 11) is 2.98. The molecule has 0 heterocycles. The molecule has 0 aliphatic heterocycles. The van der Waals surface area contributed by atoms with Gasteiger partial charge in [0, 0.05) is 5.56 Å². The molecule has 3 nitrogen and oxygen atoms in total. The molecule has 1 aromatic carbocycles. The molecule has 0 N–H and O–H groups in total. The van der Waals surface area contributed by atoms with Crippen LogP contribution in [0.15, 0.2) is 16.6 Å². The van der Waals surface area contributed by atoms with Gasteiger partial charge in [0.05, 0.1) is 30.1 Å². The molecule has 1 rings (SSSR count). The zero-order valence-corrected chi connectivity index (χ0v) is 13.9. The van der Waals surface area contributed by atoms with E-state index in [-0.39, 0.29) is 6.61 Å². The third kappa shape index (κ3) is 5.14. The Labute approximate surface area is 131 Å². The highest BCUT2D eigenvalue weighted by molar-refractivity contribution is 9.10. The van der Waals surface area contributed by atoms with Crippen LogP contribution in [0.2, 0.25) is 0 Å². The maximum absolute atomic E-state index is 12.0. The number of hydrogen-bond acceptors (Lipinski definition) is 3. The van der Waals surface area contributed by atoms with E-state index in [0.29, 0.717) is 21.5 Å². The lowest BCUT2D eigenvalue weighted by atomic mass is 10.1. The van der Waals surface area contributed by atoms with Crippen LogP contribution in [0.5, 0.6) is 11.5 Å². The fourth-order valence-electron chi connectivity index (χ4n) is 1.50. The fourth-order valence-corrected chi connectivity index (χ4v) is 2.53. The SMILES string of the molecule is COc1cc(C(Br)COCC(F)(F)F)c(OC)cc1Br. The molecule has 1 aromatic rings. The fraction of sp³-hybridized carbons (Fsp3) is 0.500. The average Bonchev–Trinajstić information content (AvgIpc) is 2.36. The number of methoxy groups -OCH3 is 2. The summed E-state index contributed by atoms with van der Waals surface area (Å²) in [4.78, 5) is -0.443. The van der Waals surface area contributed by atoms with Crippen LogP contribution in [-0.2, 0) is 4.74 Å². The van der Waals surface area contributed by atoms with Crippen molar-refractivity contribution in [3.05, 3.63) is 22.2 Å². The van der Waals surface area contributed by atoms with Crippen LogP contribution < -0.4 is 9.47 Å². The van der Waals surface area contributed by atoms with E-state index in [1.54, 1.807) is 12.1 Å². The quantitative estimate of drug-likeness (QED) is 0.634. The van der Waals surface area contributed by atoms with Crippen molar-refractivity contribution in [3.63, 3.8) is 0 Å². The van der Waals surface area contributed by atoms with Gasteiger partial charge in [0.25, 0.3) is 0 Å². The first kappa shape index (κ1) is 17.6. The van der Waals surface area contributed by atoms with Crippen molar-refractivity contribution >= 4 is 31.9 Å². The molecule has 114 valence electrons. The molecule has 0 aromatic heterocycles. The largest absolute Gasteiger partial charge is 0.496 e. The summed E-state index contributed by atoms with van der Waals surface area (Å²) in [5.41, 5.74) is 0.648. The van der Waals surface area contributed by atoms with Crippen LogP contribution >= 0.6 is 31.9 Å². The van der Waals surface area contributed by atoms with E-state index in [2.05, 4.69) is 36.6 Å². The minimum atomic E-state index is -4.34. The van der Waals surface area contributed by atoms with Gasteiger partial charge in [0.15, 0.2) is 0 Å². The van der Waals surface area contributed by atoms with E-state index in [1.165, 1.54) is 14.2 Å². The molecular formula is C12H13Br2F3O3. The number of alkyl halides is 4. The monoisotopic (exact) mass is 420 g/mol. The third-order valence-corrected chi connectivity index (χ3v) is 3.75. The lowest BCUT2D eigenvalue weighted by molar-refractivity contribution is -0.173. The second-order valence-electron chi connectivity index (χ2n) is 3.83. The molecular weight excluding hydrogens is 409 g/mol. The summed E-state index contributed by atoms with van der Waals surface area (Å²) in [6.07, 6.45) is -4.34. The number of rotatable bonds is 6. The van der Waals surface area contributed by atoms with Crippen LogP contribution in [0, 0.1) is 0 Å². The first-order valence-corrected chi connectivity index (χ1v) is 7.19. The molecule has 0 fully saturated rings. The smallest absolute Gasteiger partial charge is 0.411 e. The van der Waals surface area contributed by atoms with Gasteiger partial charge in [-0.25, -0.2) is 0 Å². The second-order valence-corrected chi connectivity index (χ2v) is 5.79. The maximum atomic E-state index is 12.0. The van der Waals surface area contributed by atoms with E-state index in [4.69, 9.17) is 9.47 Å². The predicted octanol–water partition coefficient (Wildman–Crippen LogP) is 4.48. The minimum Gasteiger partial charge on any atom is -0.496 e. The van der Waals surface area contributed by atoms with Gasteiger partial charge in [-0.1, -0.05) is 15.9 Å². The Kier molecular flexibility index (Phi) is 6.60. The van der Waals surface area contributed by atoms with Crippen LogP contribution in [-0.4, -0.2) is 33.6 Å². The summed E-state index contributed by atoms with van der Waals surface area (Å²) >= 11 is 6.60. The summed E-state index contributed by atoms with van der Waals surface area (Å²) in [6.45, 7) is -1.42.